The first-order chi connectivity index (χ1) is 18.0. The van der Waals surface area contributed by atoms with Crippen molar-refractivity contribution in [1.82, 2.24) is 0 Å². The zero-order chi connectivity index (χ0) is 25.8. The monoisotopic (exact) mass is 496 g/mol. The molecule has 0 aliphatic heterocycles. The summed E-state index contributed by atoms with van der Waals surface area (Å²) in [6.07, 6.45) is 7.24. The normalized spacial score (nSPS) is 17.5. The minimum absolute atomic E-state index is 0.219. The summed E-state index contributed by atoms with van der Waals surface area (Å²) in [5, 5.41) is 0. The second-order valence-corrected chi connectivity index (χ2v) is 10.4. The molecule has 0 N–H and O–H groups in total. The lowest BCUT2D eigenvalue weighted by molar-refractivity contribution is -0.135. The zero-order valence-electron chi connectivity index (χ0n) is 21.9. The lowest BCUT2D eigenvalue weighted by Gasteiger charge is -2.21. The third kappa shape index (κ3) is 5.79. The Balaban J connectivity index is 1.23. The second kappa shape index (κ2) is 11.3. The van der Waals surface area contributed by atoms with Crippen molar-refractivity contribution >= 4 is 11.9 Å². The average molecular weight is 497 g/mol. The van der Waals surface area contributed by atoms with Gasteiger partial charge in [0.1, 0.15) is 11.5 Å². The maximum atomic E-state index is 12.7. The summed E-state index contributed by atoms with van der Waals surface area (Å²) in [7, 11) is 0. The fourth-order valence-corrected chi connectivity index (χ4v) is 5.85. The fourth-order valence-electron chi connectivity index (χ4n) is 5.85. The molecule has 192 valence electrons. The molecule has 3 aromatic rings. The minimum Gasteiger partial charge on any atom is -0.426 e. The predicted molar refractivity (Wildman–Crippen MR) is 145 cm³/mol. The van der Waals surface area contributed by atoms with Crippen molar-refractivity contribution in [3.05, 3.63) is 94.0 Å². The summed E-state index contributed by atoms with van der Waals surface area (Å²) in [4.78, 5) is 25.5. The predicted octanol–water partition coefficient (Wildman–Crippen LogP) is 7.25. The highest BCUT2D eigenvalue weighted by molar-refractivity contribution is 5.76. The molecule has 0 radical (unpaired) electrons. The first kappa shape index (κ1) is 25.3. The van der Waals surface area contributed by atoms with Crippen LogP contribution >= 0.6 is 0 Å². The number of ether oxygens (including phenoxy) is 2. The zero-order valence-corrected chi connectivity index (χ0v) is 21.9. The Morgan fingerprint density at radius 3 is 1.38 bits per heavy atom. The molecule has 0 amide bonds. The summed E-state index contributed by atoms with van der Waals surface area (Å²) < 4.78 is 11.8. The Bertz CT molecular complexity index is 1160. The van der Waals surface area contributed by atoms with E-state index in [0.29, 0.717) is 49.0 Å². The van der Waals surface area contributed by atoms with E-state index in [9.17, 15) is 9.59 Å². The minimum atomic E-state index is -0.219. The number of aryl methyl sites for hydroxylation is 4. The van der Waals surface area contributed by atoms with Crippen LogP contribution in [-0.2, 0) is 35.3 Å². The maximum Gasteiger partial charge on any atom is 0.311 e. The number of carbonyl (C=O) groups excluding carboxylic acids is 2. The molecule has 37 heavy (non-hydrogen) atoms. The topological polar surface area (TPSA) is 52.6 Å². The number of rotatable bonds is 10. The van der Waals surface area contributed by atoms with Gasteiger partial charge in [0.05, 0.1) is 0 Å². The number of fused-ring (bicyclic) bond motifs is 5. The molecule has 2 aliphatic rings. The van der Waals surface area contributed by atoms with Crippen molar-refractivity contribution in [2.75, 3.05) is 0 Å². The van der Waals surface area contributed by atoms with Crippen LogP contribution in [0, 0.1) is 0 Å². The van der Waals surface area contributed by atoms with Crippen LogP contribution in [0.2, 0.25) is 0 Å². The van der Waals surface area contributed by atoms with Crippen molar-refractivity contribution in [2.24, 2.45) is 0 Å². The van der Waals surface area contributed by atoms with Gasteiger partial charge in [-0.2, -0.15) is 0 Å². The first-order valence-corrected chi connectivity index (χ1v) is 13.8. The quantitative estimate of drug-likeness (QED) is 0.219. The van der Waals surface area contributed by atoms with E-state index in [-0.39, 0.29) is 11.9 Å². The largest absolute Gasteiger partial charge is 0.426 e. The van der Waals surface area contributed by atoms with Gasteiger partial charge in [-0.05, 0) is 91.2 Å². The molecule has 5 rings (SSSR count). The molecule has 0 aromatic heterocycles. The van der Waals surface area contributed by atoms with Gasteiger partial charge in [0.2, 0.25) is 0 Å². The van der Waals surface area contributed by atoms with Gasteiger partial charge in [0.15, 0.2) is 0 Å². The van der Waals surface area contributed by atoms with Crippen molar-refractivity contribution in [3.8, 4) is 11.5 Å². The molecule has 0 spiro atoms. The molecule has 1 fully saturated rings. The number of benzene rings is 3. The van der Waals surface area contributed by atoms with Crippen molar-refractivity contribution in [2.45, 2.75) is 83.5 Å². The van der Waals surface area contributed by atoms with Crippen LogP contribution in [0.5, 0.6) is 11.5 Å². The molecule has 0 saturated heterocycles. The second-order valence-electron chi connectivity index (χ2n) is 10.4. The highest BCUT2D eigenvalue weighted by atomic mass is 16.5. The van der Waals surface area contributed by atoms with Crippen LogP contribution in [-0.4, -0.2) is 11.9 Å². The molecule has 0 heterocycles. The molecule has 1 saturated carbocycles. The molecule has 2 aliphatic carbocycles. The summed E-state index contributed by atoms with van der Waals surface area (Å²) in [6.45, 7) is 4.27. The molecular weight excluding hydrogens is 460 g/mol. The lowest BCUT2D eigenvalue weighted by Crippen LogP contribution is -2.14. The Morgan fingerprint density at radius 2 is 1.00 bits per heavy atom. The third-order valence-corrected chi connectivity index (χ3v) is 8.00. The van der Waals surface area contributed by atoms with Gasteiger partial charge >= 0.3 is 11.9 Å². The summed E-state index contributed by atoms with van der Waals surface area (Å²) in [5.41, 5.74) is 7.03. The third-order valence-electron chi connectivity index (χ3n) is 8.00. The SMILES string of the molecule is CCc1ccc(CCC(=O)Oc2ccc(OC(=O)CCc3ccc(CC)cc3)c3c2C2CCC3C2)cc1. The van der Waals surface area contributed by atoms with E-state index in [1.165, 1.54) is 11.1 Å². The van der Waals surface area contributed by atoms with E-state index in [0.717, 1.165) is 54.4 Å². The standard InChI is InChI=1S/C33H36O4/c1-3-22-5-9-24(10-6-22)13-19-30(34)36-28-17-18-29(33-27-16-15-26(21-27)32(28)33)37-31(35)20-14-25-11-7-23(4-2)8-12-25/h5-12,17-18,26-27H,3-4,13-16,19-21H2,1-2H3. The lowest BCUT2D eigenvalue weighted by atomic mass is 9.90. The van der Waals surface area contributed by atoms with Gasteiger partial charge < -0.3 is 9.47 Å². The van der Waals surface area contributed by atoms with Crippen LogP contribution in [0.3, 0.4) is 0 Å². The maximum absolute atomic E-state index is 12.7. The molecular formula is C33H36O4. The van der Waals surface area contributed by atoms with E-state index in [4.69, 9.17) is 9.47 Å². The van der Waals surface area contributed by atoms with Crippen molar-refractivity contribution in [1.29, 1.82) is 0 Å². The van der Waals surface area contributed by atoms with E-state index >= 15 is 0 Å². The summed E-state index contributed by atoms with van der Waals surface area (Å²) in [5.74, 6) is 1.60. The van der Waals surface area contributed by atoms with E-state index in [2.05, 4.69) is 62.4 Å². The Morgan fingerprint density at radius 1 is 0.622 bits per heavy atom. The van der Waals surface area contributed by atoms with Gasteiger partial charge in [-0.25, -0.2) is 0 Å². The highest BCUT2D eigenvalue weighted by Gasteiger charge is 2.42. The van der Waals surface area contributed by atoms with E-state index in [1.807, 2.05) is 12.1 Å². The molecule has 2 atom stereocenters. The molecule has 2 bridgehead atoms. The van der Waals surface area contributed by atoms with Gasteiger partial charge in [-0.1, -0.05) is 62.4 Å². The number of carbonyl (C=O) groups is 2. The average Bonchev–Trinajstić information content (AvgIpc) is 3.56. The fraction of sp³-hybridized carbons (Fsp3) is 0.394. The van der Waals surface area contributed by atoms with Gasteiger partial charge in [0.25, 0.3) is 0 Å². The van der Waals surface area contributed by atoms with Crippen molar-refractivity contribution < 1.29 is 19.1 Å². The van der Waals surface area contributed by atoms with Crippen LogP contribution < -0.4 is 9.47 Å². The van der Waals surface area contributed by atoms with E-state index < -0.39 is 0 Å². The van der Waals surface area contributed by atoms with Crippen molar-refractivity contribution in [3.63, 3.8) is 0 Å². The molecule has 4 nitrogen and oxygen atoms in total. The Hall–Kier alpha value is -3.40. The number of esters is 2. The molecule has 4 heteroatoms. The van der Waals surface area contributed by atoms with Gasteiger partial charge in [-0.3, -0.25) is 9.59 Å². The molecule has 3 aromatic carbocycles. The first-order valence-electron chi connectivity index (χ1n) is 13.8. The van der Waals surface area contributed by atoms with Crippen LogP contribution in [0.15, 0.2) is 60.7 Å². The molecule has 2 unspecified atom stereocenters. The Kier molecular flexibility index (Phi) is 7.73. The van der Waals surface area contributed by atoms with Gasteiger partial charge in [-0.15, -0.1) is 0 Å². The van der Waals surface area contributed by atoms with Gasteiger partial charge in [0, 0.05) is 24.0 Å². The van der Waals surface area contributed by atoms with E-state index in [1.54, 1.807) is 0 Å². The Labute approximate surface area is 220 Å². The smallest absolute Gasteiger partial charge is 0.311 e. The van der Waals surface area contributed by atoms with Crippen LogP contribution in [0.25, 0.3) is 0 Å². The number of hydrogen-bond donors (Lipinski definition) is 0. The summed E-state index contributed by atoms with van der Waals surface area (Å²) >= 11 is 0. The highest BCUT2D eigenvalue weighted by Crippen LogP contribution is 2.58. The number of hydrogen-bond acceptors (Lipinski definition) is 4. The van der Waals surface area contributed by atoms with Crippen LogP contribution in [0.1, 0.15) is 91.2 Å². The van der Waals surface area contributed by atoms with Crippen LogP contribution in [0.4, 0.5) is 0 Å². The summed E-state index contributed by atoms with van der Waals surface area (Å²) in [6, 6.07) is 20.5.